The molecule has 1 fully saturated rings. The van der Waals surface area contributed by atoms with Gasteiger partial charge in [-0.05, 0) is 43.7 Å². The van der Waals surface area contributed by atoms with E-state index in [1.807, 2.05) is 25.1 Å². The van der Waals surface area contributed by atoms with Crippen molar-refractivity contribution >= 4 is 11.6 Å². The highest BCUT2D eigenvalue weighted by Crippen LogP contribution is 2.29. The minimum absolute atomic E-state index is 0.315. The van der Waals surface area contributed by atoms with Crippen molar-refractivity contribution in [3.05, 3.63) is 40.5 Å². The van der Waals surface area contributed by atoms with Gasteiger partial charge in [-0.2, -0.15) is 4.98 Å². The van der Waals surface area contributed by atoms with Crippen LogP contribution in [0.15, 0.2) is 22.7 Å². The molecule has 1 atom stereocenters. The van der Waals surface area contributed by atoms with Crippen LogP contribution < -0.4 is 4.74 Å². The Labute approximate surface area is 128 Å². The van der Waals surface area contributed by atoms with Crippen LogP contribution in [0.4, 0.5) is 0 Å². The van der Waals surface area contributed by atoms with E-state index in [1.165, 1.54) is 0 Å². The summed E-state index contributed by atoms with van der Waals surface area (Å²) >= 11 is 6.27. The number of hydrogen-bond donors (Lipinski definition) is 0. The van der Waals surface area contributed by atoms with E-state index in [0.717, 1.165) is 48.3 Å². The molecular formula is C15H18ClN3O2. The quantitative estimate of drug-likeness (QED) is 0.869. The Morgan fingerprint density at radius 2 is 2.33 bits per heavy atom. The standard InChI is InChI=1S/C15H18ClN3O2/c1-10-17-15(21-18-10)11-5-6-19(8-11)9-12-7-13(20-2)3-4-14(12)16/h3-4,7,11H,5-6,8-9H2,1-2H3/t11-/m0/s1. The molecule has 0 bridgehead atoms. The van der Waals surface area contributed by atoms with E-state index in [2.05, 4.69) is 15.0 Å². The van der Waals surface area contributed by atoms with Gasteiger partial charge in [0, 0.05) is 18.1 Å². The fraction of sp³-hybridized carbons (Fsp3) is 0.467. The van der Waals surface area contributed by atoms with Crippen molar-refractivity contribution in [1.82, 2.24) is 15.0 Å². The van der Waals surface area contributed by atoms with Crippen LogP contribution in [0.3, 0.4) is 0 Å². The van der Waals surface area contributed by atoms with E-state index in [0.29, 0.717) is 11.7 Å². The fourth-order valence-electron chi connectivity index (χ4n) is 2.70. The summed E-state index contributed by atoms with van der Waals surface area (Å²) in [4.78, 5) is 6.68. The lowest BCUT2D eigenvalue weighted by molar-refractivity contribution is 0.308. The highest BCUT2D eigenvalue weighted by atomic mass is 35.5. The highest BCUT2D eigenvalue weighted by Gasteiger charge is 2.28. The van der Waals surface area contributed by atoms with Crippen LogP contribution in [-0.4, -0.2) is 35.2 Å². The predicted octanol–water partition coefficient (Wildman–Crippen LogP) is 3.03. The molecule has 0 spiro atoms. The molecule has 0 saturated carbocycles. The monoisotopic (exact) mass is 307 g/mol. The third-order valence-corrected chi connectivity index (χ3v) is 4.18. The fourth-order valence-corrected chi connectivity index (χ4v) is 2.87. The molecule has 1 aliphatic heterocycles. The Balaban J connectivity index is 1.67. The van der Waals surface area contributed by atoms with Crippen LogP contribution in [0.5, 0.6) is 5.75 Å². The van der Waals surface area contributed by atoms with Crippen molar-refractivity contribution in [3.63, 3.8) is 0 Å². The van der Waals surface area contributed by atoms with Crippen LogP contribution in [0.2, 0.25) is 5.02 Å². The van der Waals surface area contributed by atoms with E-state index in [9.17, 15) is 0 Å². The van der Waals surface area contributed by atoms with Crippen molar-refractivity contribution in [3.8, 4) is 5.75 Å². The summed E-state index contributed by atoms with van der Waals surface area (Å²) in [7, 11) is 1.66. The number of hydrogen-bond acceptors (Lipinski definition) is 5. The normalized spacial score (nSPS) is 19.1. The Bertz CT molecular complexity index is 629. The van der Waals surface area contributed by atoms with Gasteiger partial charge < -0.3 is 9.26 Å². The lowest BCUT2D eigenvalue weighted by atomic mass is 10.1. The first-order valence-electron chi connectivity index (χ1n) is 7.00. The molecule has 6 heteroatoms. The molecule has 5 nitrogen and oxygen atoms in total. The first kappa shape index (κ1) is 14.4. The van der Waals surface area contributed by atoms with Crippen LogP contribution in [-0.2, 0) is 6.54 Å². The largest absolute Gasteiger partial charge is 0.497 e. The van der Waals surface area contributed by atoms with Gasteiger partial charge >= 0.3 is 0 Å². The summed E-state index contributed by atoms with van der Waals surface area (Å²) in [6, 6.07) is 5.75. The summed E-state index contributed by atoms with van der Waals surface area (Å²) in [6.07, 6.45) is 1.03. The first-order valence-corrected chi connectivity index (χ1v) is 7.38. The minimum atomic E-state index is 0.315. The van der Waals surface area contributed by atoms with Crippen molar-refractivity contribution in [2.45, 2.75) is 25.8 Å². The lowest BCUT2D eigenvalue weighted by Gasteiger charge is -2.16. The Hall–Kier alpha value is -1.59. The molecule has 2 aromatic rings. The summed E-state index contributed by atoms with van der Waals surface area (Å²) < 4.78 is 10.5. The van der Waals surface area contributed by atoms with Crippen LogP contribution >= 0.6 is 11.6 Å². The maximum atomic E-state index is 6.27. The van der Waals surface area contributed by atoms with Gasteiger partial charge in [-0.15, -0.1) is 0 Å². The zero-order valence-electron chi connectivity index (χ0n) is 12.2. The molecule has 0 aliphatic carbocycles. The highest BCUT2D eigenvalue weighted by molar-refractivity contribution is 6.31. The van der Waals surface area contributed by atoms with Crippen LogP contribution in [0.25, 0.3) is 0 Å². The predicted molar refractivity (Wildman–Crippen MR) is 79.7 cm³/mol. The van der Waals surface area contributed by atoms with Gasteiger partial charge in [0.15, 0.2) is 5.82 Å². The molecule has 0 radical (unpaired) electrons. The van der Waals surface area contributed by atoms with Gasteiger partial charge in [-0.1, -0.05) is 16.8 Å². The Morgan fingerprint density at radius 1 is 1.48 bits per heavy atom. The van der Waals surface area contributed by atoms with E-state index < -0.39 is 0 Å². The number of aryl methyl sites for hydroxylation is 1. The SMILES string of the molecule is COc1ccc(Cl)c(CN2CC[C@H](c3nc(C)no3)C2)c1. The average Bonchev–Trinajstić information content (AvgIpc) is 3.10. The molecule has 2 heterocycles. The lowest BCUT2D eigenvalue weighted by Crippen LogP contribution is -2.20. The number of aromatic nitrogens is 2. The molecule has 0 N–H and O–H groups in total. The second kappa shape index (κ2) is 6.03. The van der Waals surface area contributed by atoms with Crippen LogP contribution in [0, 0.1) is 6.92 Å². The molecule has 21 heavy (non-hydrogen) atoms. The zero-order valence-corrected chi connectivity index (χ0v) is 12.9. The third kappa shape index (κ3) is 3.19. The second-order valence-corrected chi connectivity index (χ2v) is 5.77. The maximum absolute atomic E-state index is 6.27. The van der Waals surface area contributed by atoms with E-state index in [1.54, 1.807) is 7.11 Å². The van der Waals surface area contributed by atoms with E-state index in [4.69, 9.17) is 20.9 Å². The summed E-state index contributed by atoms with van der Waals surface area (Å²) in [6.45, 7) is 4.56. The minimum Gasteiger partial charge on any atom is -0.497 e. The molecule has 1 saturated heterocycles. The molecule has 0 unspecified atom stereocenters. The topological polar surface area (TPSA) is 51.4 Å². The number of likely N-dealkylation sites (tertiary alicyclic amines) is 1. The molecule has 1 aromatic heterocycles. The number of nitrogens with zero attached hydrogens (tertiary/aromatic N) is 3. The van der Waals surface area contributed by atoms with Gasteiger partial charge in [0.1, 0.15) is 5.75 Å². The van der Waals surface area contributed by atoms with E-state index >= 15 is 0 Å². The van der Waals surface area contributed by atoms with Gasteiger partial charge in [0.25, 0.3) is 0 Å². The Morgan fingerprint density at radius 3 is 3.05 bits per heavy atom. The molecule has 3 rings (SSSR count). The molecule has 1 aliphatic rings. The summed E-state index contributed by atoms with van der Waals surface area (Å²) in [5, 5.41) is 4.64. The van der Waals surface area contributed by atoms with Gasteiger partial charge in [0.05, 0.1) is 13.0 Å². The maximum Gasteiger partial charge on any atom is 0.231 e. The van der Waals surface area contributed by atoms with Crippen LogP contribution in [0.1, 0.15) is 29.6 Å². The second-order valence-electron chi connectivity index (χ2n) is 5.36. The van der Waals surface area contributed by atoms with Gasteiger partial charge in [0.2, 0.25) is 5.89 Å². The summed E-state index contributed by atoms with van der Waals surface area (Å²) in [5.74, 6) is 2.58. The van der Waals surface area contributed by atoms with Crippen molar-refractivity contribution in [1.29, 1.82) is 0 Å². The average molecular weight is 308 g/mol. The number of benzene rings is 1. The van der Waals surface area contributed by atoms with Gasteiger partial charge in [-0.25, -0.2) is 0 Å². The van der Waals surface area contributed by atoms with Crippen molar-refractivity contribution in [2.75, 3.05) is 20.2 Å². The third-order valence-electron chi connectivity index (χ3n) is 3.81. The smallest absolute Gasteiger partial charge is 0.231 e. The summed E-state index contributed by atoms with van der Waals surface area (Å²) in [5.41, 5.74) is 1.08. The number of halogens is 1. The first-order chi connectivity index (χ1) is 10.2. The number of ether oxygens (including phenoxy) is 1. The molecule has 1 aromatic carbocycles. The van der Waals surface area contributed by atoms with Crippen molar-refractivity contribution in [2.24, 2.45) is 0 Å². The molecule has 112 valence electrons. The number of rotatable bonds is 4. The Kier molecular flexibility index (Phi) is 4.12. The molecule has 0 amide bonds. The molecular weight excluding hydrogens is 290 g/mol. The zero-order chi connectivity index (χ0) is 14.8. The van der Waals surface area contributed by atoms with Crippen molar-refractivity contribution < 1.29 is 9.26 Å². The van der Waals surface area contributed by atoms with Gasteiger partial charge in [-0.3, -0.25) is 4.90 Å². The number of methoxy groups -OCH3 is 1. The van der Waals surface area contributed by atoms with E-state index in [-0.39, 0.29) is 0 Å².